The molecule has 1 aliphatic heterocycles. The van der Waals surface area contributed by atoms with Gasteiger partial charge in [-0.2, -0.15) is 0 Å². The second-order valence-corrected chi connectivity index (χ2v) is 4.56. The van der Waals surface area contributed by atoms with Crippen LogP contribution in [0.5, 0.6) is 0 Å². The fourth-order valence-electron chi connectivity index (χ4n) is 2.45. The van der Waals surface area contributed by atoms with Crippen molar-refractivity contribution in [1.29, 1.82) is 0 Å². The molecule has 3 heteroatoms. The fourth-order valence-corrected chi connectivity index (χ4v) is 2.45. The Morgan fingerprint density at radius 1 is 1.06 bits per heavy atom. The Balaban J connectivity index is 1.94. The summed E-state index contributed by atoms with van der Waals surface area (Å²) in [5, 5.41) is 3.27. The summed E-state index contributed by atoms with van der Waals surface area (Å²) in [6.07, 6.45) is 1.65. The summed E-state index contributed by atoms with van der Waals surface area (Å²) in [4.78, 5) is 0. The predicted octanol–water partition coefficient (Wildman–Crippen LogP) is 4.06. The van der Waals surface area contributed by atoms with E-state index in [0.29, 0.717) is 5.56 Å². The molecule has 0 saturated carbocycles. The van der Waals surface area contributed by atoms with Crippen LogP contribution in [0.2, 0.25) is 0 Å². The number of aryl methyl sites for hydroxylation is 1. The van der Waals surface area contributed by atoms with Crippen molar-refractivity contribution in [3.8, 4) is 0 Å². The molecule has 0 fully saturated rings. The first kappa shape index (κ1) is 11.2. The zero-order valence-corrected chi connectivity index (χ0v) is 9.79. The van der Waals surface area contributed by atoms with Crippen molar-refractivity contribution in [2.75, 3.05) is 5.32 Å². The van der Waals surface area contributed by atoms with Crippen LogP contribution in [0, 0.1) is 11.6 Å². The molecule has 1 unspecified atom stereocenters. The van der Waals surface area contributed by atoms with Gasteiger partial charge in [0.25, 0.3) is 0 Å². The first-order valence-corrected chi connectivity index (χ1v) is 6.03. The molecule has 18 heavy (non-hydrogen) atoms. The van der Waals surface area contributed by atoms with Gasteiger partial charge in [-0.15, -0.1) is 0 Å². The van der Waals surface area contributed by atoms with Crippen LogP contribution < -0.4 is 5.32 Å². The van der Waals surface area contributed by atoms with Crippen LogP contribution in [0.1, 0.15) is 23.6 Å². The molecule has 1 nitrogen and oxygen atoms in total. The third-order valence-corrected chi connectivity index (χ3v) is 3.38. The van der Waals surface area contributed by atoms with Gasteiger partial charge in [0.05, 0.1) is 6.04 Å². The molecule has 0 radical (unpaired) electrons. The average Bonchev–Trinajstić information content (AvgIpc) is 2.41. The summed E-state index contributed by atoms with van der Waals surface area (Å²) in [6, 6.07) is 11.4. The average molecular weight is 245 g/mol. The molecule has 1 aliphatic rings. The Morgan fingerprint density at radius 3 is 2.78 bits per heavy atom. The van der Waals surface area contributed by atoms with Crippen molar-refractivity contribution in [3.05, 3.63) is 65.2 Å². The van der Waals surface area contributed by atoms with Crippen LogP contribution >= 0.6 is 0 Å². The second-order valence-electron chi connectivity index (χ2n) is 4.56. The van der Waals surface area contributed by atoms with Crippen LogP contribution in [0.15, 0.2) is 42.5 Å². The molecule has 0 aliphatic carbocycles. The molecule has 1 heterocycles. The standard InChI is InChI=1S/C15H13F2N/c16-11-6-7-13(17)12(9-11)15-8-5-10-3-1-2-4-14(10)18-15/h1-4,6-7,9,15,18H,5,8H2. The van der Waals surface area contributed by atoms with Crippen molar-refractivity contribution in [2.24, 2.45) is 0 Å². The molecule has 0 spiro atoms. The highest BCUT2D eigenvalue weighted by Crippen LogP contribution is 2.33. The molecule has 92 valence electrons. The molecular weight excluding hydrogens is 232 g/mol. The molecule has 0 amide bonds. The highest BCUT2D eigenvalue weighted by atomic mass is 19.1. The number of rotatable bonds is 1. The van der Waals surface area contributed by atoms with Gasteiger partial charge in [-0.05, 0) is 42.7 Å². The maximum atomic E-state index is 13.7. The summed E-state index contributed by atoms with van der Waals surface area (Å²) in [7, 11) is 0. The Labute approximate surface area is 104 Å². The van der Waals surface area contributed by atoms with Crippen LogP contribution in [-0.2, 0) is 6.42 Å². The summed E-state index contributed by atoms with van der Waals surface area (Å²) in [5.74, 6) is -0.750. The van der Waals surface area contributed by atoms with Crippen molar-refractivity contribution in [1.82, 2.24) is 0 Å². The third-order valence-electron chi connectivity index (χ3n) is 3.38. The maximum absolute atomic E-state index is 13.7. The van der Waals surface area contributed by atoms with Gasteiger partial charge in [0.15, 0.2) is 0 Å². The minimum atomic E-state index is -0.396. The number of hydrogen-bond donors (Lipinski definition) is 1. The van der Waals surface area contributed by atoms with E-state index in [1.165, 1.54) is 17.7 Å². The lowest BCUT2D eigenvalue weighted by Crippen LogP contribution is -2.19. The fraction of sp³-hybridized carbons (Fsp3) is 0.200. The number of nitrogens with one attached hydrogen (secondary N) is 1. The van der Waals surface area contributed by atoms with E-state index in [2.05, 4.69) is 11.4 Å². The SMILES string of the molecule is Fc1ccc(F)c(C2CCc3ccccc3N2)c1. The normalized spacial score (nSPS) is 18.0. The zero-order valence-electron chi connectivity index (χ0n) is 9.79. The van der Waals surface area contributed by atoms with E-state index in [0.717, 1.165) is 24.6 Å². The Bertz CT molecular complexity index is 580. The van der Waals surface area contributed by atoms with Gasteiger partial charge in [0.1, 0.15) is 11.6 Å². The van der Waals surface area contributed by atoms with Gasteiger partial charge in [-0.25, -0.2) is 8.78 Å². The van der Waals surface area contributed by atoms with Gasteiger partial charge in [0, 0.05) is 11.3 Å². The van der Waals surface area contributed by atoms with Gasteiger partial charge < -0.3 is 5.32 Å². The highest BCUT2D eigenvalue weighted by molar-refractivity contribution is 5.54. The van der Waals surface area contributed by atoms with E-state index in [4.69, 9.17) is 0 Å². The van der Waals surface area contributed by atoms with Crippen molar-refractivity contribution < 1.29 is 8.78 Å². The number of para-hydroxylation sites is 1. The number of fused-ring (bicyclic) bond motifs is 1. The third kappa shape index (κ3) is 1.96. The Morgan fingerprint density at radius 2 is 1.89 bits per heavy atom. The minimum absolute atomic E-state index is 0.157. The van der Waals surface area contributed by atoms with Gasteiger partial charge in [0.2, 0.25) is 0 Å². The van der Waals surface area contributed by atoms with E-state index in [1.807, 2.05) is 18.2 Å². The molecule has 0 saturated heterocycles. The lowest BCUT2D eigenvalue weighted by Gasteiger charge is -2.27. The summed E-state index contributed by atoms with van der Waals surface area (Å²) >= 11 is 0. The smallest absolute Gasteiger partial charge is 0.128 e. The molecule has 0 bridgehead atoms. The second kappa shape index (κ2) is 4.41. The Hall–Kier alpha value is -1.90. The monoisotopic (exact) mass is 245 g/mol. The van der Waals surface area contributed by atoms with Gasteiger partial charge in [-0.3, -0.25) is 0 Å². The number of anilines is 1. The van der Waals surface area contributed by atoms with E-state index >= 15 is 0 Å². The molecule has 0 aromatic heterocycles. The number of hydrogen-bond acceptors (Lipinski definition) is 1. The van der Waals surface area contributed by atoms with E-state index < -0.39 is 5.82 Å². The maximum Gasteiger partial charge on any atom is 0.128 e. The first-order valence-electron chi connectivity index (χ1n) is 6.03. The number of benzene rings is 2. The summed E-state index contributed by atoms with van der Waals surface area (Å²) in [5.41, 5.74) is 2.65. The van der Waals surface area contributed by atoms with Gasteiger partial charge in [-0.1, -0.05) is 18.2 Å². The summed E-state index contributed by atoms with van der Waals surface area (Å²) < 4.78 is 26.9. The van der Waals surface area contributed by atoms with Crippen LogP contribution in [0.4, 0.5) is 14.5 Å². The number of halogens is 2. The van der Waals surface area contributed by atoms with Crippen LogP contribution in [0.3, 0.4) is 0 Å². The van der Waals surface area contributed by atoms with Crippen LogP contribution in [0.25, 0.3) is 0 Å². The molecule has 1 atom stereocenters. The van der Waals surface area contributed by atoms with E-state index in [1.54, 1.807) is 0 Å². The largest absolute Gasteiger partial charge is 0.378 e. The Kier molecular flexibility index (Phi) is 2.74. The minimum Gasteiger partial charge on any atom is -0.378 e. The van der Waals surface area contributed by atoms with Gasteiger partial charge >= 0.3 is 0 Å². The lowest BCUT2D eigenvalue weighted by atomic mass is 9.93. The molecule has 2 aromatic carbocycles. The first-order chi connectivity index (χ1) is 8.74. The topological polar surface area (TPSA) is 12.0 Å². The molecule has 3 rings (SSSR count). The quantitative estimate of drug-likeness (QED) is 0.798. The highest BCUT2D eigenvalue weighted by Gasteiger charge is 2.21. The van der Waals surface area contributed by atoms with Crippen LogP contribution in [-0.4, -0.2) is 0 Å². The molecule has 2 aromatic rings. The lowest BCUT2D eigenvalue weighted by molar-refractivity contribution is 0.555. The molecular formula is C15H13F2N. The molecule has 1 N–H and O–H groups in total. The summed E-state index contributed by atoms with van der Waals surface area (Å²) in [6.45, 7) is 0. The van der Waals surface area contributed by atoms with Crippen molar-refractivity contribution in [3.63, 3.8) is 0 Å². The predicted molar refractivity (Wildman–Crippen MR) is 67.5 cm³/mol. The van der Waals surface area contributed by atoms with Crippen molar-refractivity contribution >= 4 is 5.69 Å². The zero-order chi connectivity index (χ0) is 12.5. The van der Waals surface area contributed by atoms with E-state index in [-0.39, 0.29) is 11.9 Å². The van der Waals surface area contributed by atoms with Crippen molar-refractivity contribution in [2.45, 2.75) is 18.9 Å². The van der Waals surface area contributed by atoms with E-state index in [9.17, 15) is 8.78 Å².